The highest BCUT2D eigenvalue weighted by Crippen LogP contribution is 2.19. The van der Waals surface area contributed by atoms with Gasteiger partial charge in [0.15, 0.2) is 0 Å². The lowest BCUT2D eigenvalue weighted by Gasteiger charge is -2.07. The third-order valence-corrected chi connectivity index (χ3v) is 4.43. The Bertz CT molecular complexity index is 1030. The van der Waals surface area contributed by atoms with Gasteiger partial charge in [-0.25, -0.2) is 14.5 Å². The van der Waals surface area contributed by atoms with E-state index < -0.39 is 0 Å². The molecule has 0 bridgehead atoms. The van der Waals surface area contributed by atoms with E-state index in [1.54, 1.807) is 23.1 Å². The van der Waals surface area contributed by atoms with Gasteiger partial charge in [0.05, 0.1) is 12.1 Å². The van der Waals surface area contributed by atoms with Gasteiger partial charge in [0.2, 0.25) is 0 Å². The highest BCUT2D eigenvalue weighted by Gasteiger charge is 2.08. The standard InChI is InChI=1S/C23H19N3O2/c27-23(22-12-6-18(7-13-22)14-26-17-24-16-25-26)28-15-19-8-10-21(11-9-19)20-4-2-1-3-5-20/h1-13,16-17H,14-15H2. The molecule has 0 saturated carbocycles. The van der Waals surface area contributed by atoms with E-state index in [4.69, 9.17) is 4.74 Å². The fraction of sp³-hybridized carbons (Fsp3) is 0.0870. The molecule has 1 aromatic heterocycles. The van der Waals surface area contributed by atoms with Crippen molar-refractivity contribution in [1.82, 2.24) is 14.8 Å². The number of carbonyl (C=O) groups is 1. The Morgan fingerprint density at radius 1 is 0.821 bits per heavy atom. The van der Waals surface area contributed by atoms with Crippen molar-refractivity contribution < 1.29 is 9.53 Å². The molecular weight excluding hydrogens is 350 g/mol. The highest BCUT2D eigenvalue weighted by atomic mass is 16.5. The van der Waals surface area contributed by atoms with E-state index >= 15 is 0 Å². The summed E-state index contributed by atoms with van der Waals surface area (Å²) in [5.41, 5.74) is 4.83. The van der Waals surface area contributed by atoms with E-state index in [1.165, 1.54) is 6.33 Å². The van der Waals surface area contributed by atoms with Crippen LogP contribution in [-0.4, -0.2) is 20.7 Å². The third-order valence-electron chi connectivity index (χ3n) is 4.43. The lowest BCUT2D eigenvalue weighted by molar-refractivity contribution is 0.0472. The largest absolute Gasteiger partial charge is 0.457 e. The number of nitrogens with zero attached hydrogens (tertiary/aromatic N) is 3. The van der Waals surface area contributed by atoms with Crippen molar-refractivity contribution in [2.24, 2.45) is 0 Å². The van der Waals surface area contributed by atoms with Crippen molar-refractivity contribution in [3.63, 3.8) is 0 Å². The Labute approximate surface area is 163 Å². The summed E-state index contributed by atoms with van der Waals surface area (Å²) in [5, 5.41) is 4.07. The first kappa shape index (κ1) is 17.7. The molecule has 4 rings (SSSR count). The van der Waals surface area contributed by atoms with Crippen LogP contribution in [0.25, 0.3) is 11.1 Å². The SMILES string of the molecule is O=C(OCc1ccc(-c2ccccc2)cc1)c1ccc(Cn2cncn2)cc1. The molecule has 0 atom stereocenters. The molecule has 138 valence electrons. The molecule has 5 heteroatoms. The minimum atomic E-state index is -0.334. The molecule has 28 heavy (non-hydrogen) atoms. The molecule has 0 N–H and O–H groups in total. The second-order valence-electron chi connectivity index (χ2n) is 6.43. The molecule has 4 aromatic rings. The second kappa shape index (κ2) is 8.31. The molecule has 0 radical (unpaired) electrons. The average molecular weight is 369 g/mol. The van der Waals surface area contributed by atoms with E-state index in [2.05, 4.69) is 22.2 Å². The van der Waals surface area contributed by atoms with Crippen LogP contribution in [-0.2, 0) is 17.9 Å². The minimum absolute atomic E-state index is 0.245. The van der Waals surface area contributed by atoms with Crippen LogP contribution in [0.15, 0.2) is 91.5 Å². The number of benzene rings is 3. The van der Waals surface area contributed by atoms with Crippen LogP contribution in [0.4, 0.5) is 0 Å². The number of aromatic nitrogens is 3. The highest BCUT2D eigenvalue weighted by molar-refractivity contribution is 5.89. The first-order valence-electron chi connectivity index (χ1n) is 9.01. The van der Waals surface area contributed by atoms with Gasteiger partial charge in [-0.1, -0.05) is 66.7 Å². The van der Waals surface area contributed by atoms with Crippen molar-refractivity contribution in [2.45, 2.75) is 13.2 Å². The van der Waals surface area contributed by atoms with Gasteiger partial charge in [-0.05, 0) is 34.4 Å². The molecule has 0 fully saturated rings. The van der Waals surface area contributed by atoms with E-state index in [-0.39, 0.29) is 12.6 Å². The molecule has 0 aliphatic rings. The summed E-state index contributed by atoms with van der Waals surface area (Å²) in [6, 6.07) is 25.6. The van der Waals surface area contributed by atoms with Crippen LogP contribution >= 0.6 is 0 Å². The molecule has 0 aliphatic carbocycles. The summed E-state index contributed by atoms with van der Waals surface area (Å²) in [6.07, 6.45) is 3.16. The average Bonchev–Trinajstić information content (AvgIpc) is 3.27. The number of rotatable bonds is 6. The van der Waals surface area contributed by atoms with Crippen molar-refractivity contribution >= 4 is 5.97 Å². The summed E-state index contributed by atoms with van der Waals surface area (Å²) in [4.78, 5) is 16.2. The van der Waals surface area contributed by atoms with Crippen LogP contribution in [0.1, 0.15) is 21.5 Å². The number of hydrogen-bond acceptors (Lipinski definition) is 4. The number of carbonyl (C=O) groups excluding carboxylic acids is 1. The maximum atomic E-state index is 12.3. The Kier molecular flexibility index (Phi) is 5.24. The fourth-order valence-corrected chi connectivity index (χ4v) is 2.90. The first-order valence-corrected chi connectivity index (χ1v) is 9.01. The molecule has 1 heterocycles. The fourth-order valence-electron chi connectivity index (χ4n) is 2.90. The van der Waals surface area contributed by atoms with E-state index in [0.717, 1.165) is 22.3 Å². The second-order valence-corrected chi connectivity index (χ2v) is 6.43. The van der Waals surface area contributed by atoms with Gasteiger partial charge in [0, 0.05) is 0 Å². The molecule has 0 saturated heterocycles. The number of esters is 1. The smallest absolute Gasteiger partial charge is 0.338 e. The van der Waals surface area contributed by atoms with Gasteiger partial charge >= 0.3 is 5.97 Å². The van der Waals surface area contributed by atoms with Gasteiger partial charge in [-0.2, -0.15) is 5.10 Å². The Morgan fingerprint density at radius 2 is 1.50 bits per heavy atom. The van der Waals surface area contributed by atoms with Crippen molar-refractivity contribution in [1.29, 1.82) is 0 Å². The minimum Gasteiger partial charge on any atom is -0.457 e. The third kappa shape index (κ3) is 4.32. The summed E-state index contributed by atoms with van der Waals surface area (Å²) in [5.74, 6) is -0.334. The summed E-state index contributed by atoms with van der Waals surface area (Å²) < 4.78 is 7.17. The van der Waals surface area contributed by atoms with Crippen molar-refractivity contribution in [3.05, 3.63) is 108 Å². The Balaban J connectivity index is 1.34. The molecule has 0 amide bonds. The van der Waals surface area contributed by atoms with Crippen LogP contribution in [0.5, 0.6) is 0 Å². The molecule has 5 nitrogen and oxygen atoms in total. The van der Waals surface area contributed by atoms with E-state index in [0.29, 0.717) is 12.1 Å². The quantitative estimate of drug-likeness (QED) is 0.474. The predicted octanol–water partition coefficient (Wildman–Crippen LogP) is 4.35. The van der Waals surface area contributed by atoms with Gasteiger partial charge in [0.1, 0.15) is 19.3 Å². The Morgan fingerprint density at radius 3 is 2.18 bits per heavy atom. The maximum absolute atomic E-state index is 12.3. The molecule has 3 aromatic carbocycles. The molecule has 0 spiro atoms. The zero-order chi connectivity index (χ0) is 19.2. The first-order chi connectivity index (χ1) is 13.8. The summed E-state index contributed by atoms with van der Waals surface area (Å²) in [7, 11) is 0. The topological polar surface area (TPSA) is 57.0 Å². The lowest BCUT2D eigenvalue weighted by Crippen LogP contribution is -2.06. The van der Waals surface area contributed by atoms with Crippen LogP contribution in [0.2, 0.25) is 0 Å². The lowest BCUT2D eigenvalue weighted by atomic mass is 10.0. The van der Waals surface area contributed by atoms with Crippen LogP contribution in [0.3, 0.4) is 0 Å². The monoisotopic (exact) mass is 369 g/mol. The molecule has 0 aliphatic heterocycles. The van der Waals surface area contributed by atoms with Crippen LogP contribution < -0.4 is 0 Å². The van der Waals surface area contributed by atoms with Gasteiger partial charge in [-0.15, -0.1) is 0 Å². The normalized spacial score (nSPS) is 10.6. The van der Waals surface area contributed by atoms with Gasteiger partial charge in [-0.3, -0.25) is 0 Å². The van der Waals surface area contributed by atoms with Gasteiger partial charge in [0.25, 0.3) is 0 Å². The summed E-state index contributed by atoms with van der Waals surface area (Å²) >= 11 is 0. The maximum Gasteiger partial charge on any atom is 0.338 e. The van der Waals surface area contributed by atoms with Crippen molar-refractivity contribution in [3.8, 4) is 11.1 Å². The van der Waals surface area contributed by atoms with Gasteiger partial charge < -0.3 is 4.74 Å². The predicted molar refractivity (Wildman–Crippen MR) is 107 cm³/mol. The zero-order valence-electron chi connectivity index (χ0n) is 15.2. The number of ether oxygens (including phenoxy) is 1. The van der Waals surface area contributed by atoms with Crippen LogP contribution in [0, 0.1) is 0 Å². The zero-order valence-corrected chi connectivity index (χ0v) is 15.2. The molecule has 0 unspecified atom stereocenters. The molecular formula is C23H19N3O2. The Hall–Kier alpha value is -3.73. The number of hydrogen-bond donors (Lipinski definition) is 0. The van der Waals surface area contributed by atoms with Crippen molar-refractivity contribution in [2.75, 3.05) is 0 Å². The van der Waals surface area contributed by atoms with E-state index in [1.807, 2.05) is 54.6 Å². The van der Waals surface area contributed by atoms with E-state index in [9.17, 15) is 4.79 Å². The summed E-state index contributed by atoms with van der Waals surface area (Å²) in [6.45, 7) is 0.859.